The van der Waals surface area contributed by atoms with Crippen molar-refractivity contribution in [3.63, 3.8) is 0 Å². The van der Waals surface area contributed by atoms with Crippen LogP contribution in [0, 0.1) is 6.92 Å². The summed E-state index contributed by atoms with van der Waals surface area (Å²) < 4.78 is 16.5. The molecule has 1 fully saturated rings. The fourth-order valence-corrected chi connectivity index (χ4v) is 2.39. The Balaban J connectivity index is 1.68. The van der Waals surface area contributed by atoms with Gasteiger partial charge in [0.25, 0.3) is 0 Å². The van der Waals surface area contributed by atoms with Gasteiger partial charge in [0.05, 0.1) is 6.61 Å². The van der Waals surface area contributed by atoms with Gasteiger partial charge >= 0.3 is 0 Å². The maximum Gasteiger partial charge on any atom is 0.122 e. The lowest BCUT2D eigenvalue weighted by Gasteiger charge is -2.26. The first-order valence-electron chi connectivity index (χ1n) is 7.35. The Morgan fingerprint density at radius 1 is 1.43 bits per heavy atom. The molecule has 0 radical (unpaired) electrons. The molecule has 0 amide bonds. The summed E-state index contributed by atoms with van der Waals surface area (Å²) in [5, 5.41) is 13.2. The van der Waals surface area contributed by atoms with Gasteiger partial charge in [-0.25, -0.2) is 0 Å². The topological polar surface area (TPSA) is 60.0 Å². The van der Waals surface area contributed by atoms with Crippen LogP contribution in [-0.4, -0.2) is 56.8 Å². The predicted octanol–water partition coefficient (Wildman–Crippen LogP) is 1.13. The number of aryl methyl sites for hydroxylation is 1. The molecular formula is C16H25NO4. The largest absolute Gasteiger partial charge is 0.491 e. The first-order valence-corrected chi connectivity index (χ1v) is 7.35. The lowest BCUT2D eigenvalue weighted by molar-refractivity contribution is -0.0180. The van der Waals surface area contributed by atoms with E-state index in [0.29, 0.717) is 19.7 Å². The second-order valence-corrected chi connectivity index (χ2v) is 5.55. The van der Waals surface area contributed by atoms with Gasteiger partial charge in [-0.1, -0.05) is 18.2 Å². The van der Waals surface area contributed by atoms with Crippen molar-refractivity contribution in [2.24, 2.45) is 0 Å². The van der Waals surface area contributed by atoms with E-state index in [1.807, 2.05) is 31.2 Å². The molecule has 1 aliphatic heterocycles. The van der Waals surface area contributed by atoms with E-state index in [-0.39, 0.29) is 12.2 Å². The number of aliphatic hydroxyl groups is 1. The highest BCUT2D eigenvalue weighted by Crippen LogP contribution is 2.21. The fourth-order valence-electron chi connectivity index (χ4n) is 2.39. The molecule has 1 heterocycles. The molecule has 2 rings (SSSR count). The number of benzene rings is 1. The second kappa shape index (κ2) is 7.75. The summed E-state index contributed by atoms with van der Waals surface area (Å²) in [6, 6.07) is 7.79. The maximum atomic E-state index is 9.97. The zero-order valence-corrected chi connectivity index (χ0v) is 12.8. The van der Waals surface area contributed by atoms with Crippen molar-refractivity contribution in [3.05, 3.63) is 29.8 Å². The van der Waals surface area contributed by atoms with Gasteiger partial charge < -0.3 is 24.6 Å². The van der Waals surface area contributed by atoms with E-state index in [1.54, 1.807) is 7.11 Å². The van der Waals surface area contributed by atoms with Crippen molar-refractivity contribution in [3.8, 4) is 5.75 Å². The van der Waals surface area contributed by atoms with Crippen molar-refractivity contribution in [2.45, 2.75) is 25.0 Å². The minimum atomic E-state index is -0.555. The molecule has 118 valence electrons. The monoisotopic (exact) mass is 295 g/mol. The molecule has 0 aliphatic carbocycles. The maximum absolute atomic E-state index is 9.97. The number of hydrogen-bond donors (Lipinski definition) is 2. The lowest BCUT2D eigenvalue weighted by Crippen LogP contribution is -2.45. The summed E-state index contributed by atoms with van der Waals surface area (Å²) in [6.45, 7) is 4.74. The third-order valence-corrected chi connectivity index (χ3v) is 3.85. The van der Waals surface area contributed by atoms with Crippen LogP contribution in [0.4, 0.5) is 0 Å². The summed E-state index contributed by atoms with van der Waals surface area (Å²) in [4.78, 5) is 0. The molecule has 2 N–H and O–H groups in total. The molecule has 21 heavy (non-hydrogen) atoms. The molecule has 5 heteroatoms. The van der Waals surface area contributed by atoms with Crippen LogP contribution in [0.5, 0.6) is 5.75 Å². The van der Waals surface area contributed by atoms with E-state index < -0.39 is 6.10 Å². The van der Waals surface area contributed by atoms with Gasteiger partial charge in [-0.2, -0.15) is 0 Å². The first-order chi connectivity index (χ1) is 10.2. The molecule has 2 atom stereocenters. The third-order valence-electron chi connectivity index (χ3n) is 3.85. The predicted molar refractivity (Wildman–Crippen MR) is 80.7 cm³/mol. The molecule has 1 aromatic carbocycles. The highest BCUT2D eigenvalue weighted by Gasteiger charge is 2.34. The van der Waals surface area contributed by atoms with Gasteiger partial charge in [-0.15, -0.1) is 0 Å². The first kappa shape index (κ1) is 16.2. The van der Waals surface area contributed by atoms with E-state index >= 15 is 0 Å². The third kappa shape index (κ3) is 4.68. The average Bonchev–Trinajstić information content (AvgIpc) is 2.96. The van der Waals surface area contributed by atoms with Crippen molar-refractivity contribution in [1.29, 1.82) is 0 Å². The van der Waals surface area contributed by atoms with Crippen molar-refractivity contribution >= 4 is 0 Å². The number of hydrogen-bond acceptors (Lipinski definition) is 5. The number of para-hydroxylation sites is 1. The number of ether oxygens (including phenoxy) is 3. The Morgan fingerprint density at radius 2 is 2.24 bits per heavy atom. The smallest absolute Gasteiger partial charge is 0.122 e. The van der Waals surface area contributed by atoms with E-state index in [2.05, 4.69) is 5.32 Å². The molecular weight excluding hydrogens is 270 g/mol. The summed E-state index contributed by atoms with van der Waals surface area (Å²) in [5.74, 6) is 0.814. The fraction of sp³-hybridized carbons (Fsp3) is 0.625. The van der Waals surface area contributed by atoms with Gasteiger partial charge in [-0.05, 0) is 18.6 Å². The van der Waals surface area contributed by atoms with Crippen molar-refractivity contribution < 1.29 is 19.3 Å². The van der Waals surface area contributed by atoms with E-state index in [0.717, 1.165) is 24.3 Å². The van der Waals surface area contributed by atoms with Crippen LogP contribution in [0.15, 0.2) is 24.3 Å². The lowest BCUT2D eigenvalue weighted by atomic mass is 10.0. The zero-order valence-electron chi connectivity index (χ0n) is 12.8. The molecule has 1 saturated heterocycles. The zero-order chi connectivity index (χ0) is 15.1. The summed E-state index contributed by atoms with van der Waals surface area (Å²) >= 11 is 0. The molecule has 2 unspecified atom stereocenters. The van der Waals surface area contributed by atoms with E-state index in [4.69, 9.17) is 14.2 Å². The Kier molecular flexibility index (Phi) is 5.99. The van der Waals surface area contributed by atoms with Crippen molar-refractivity contribution in [1.82, 2.24) is 5.32 Å². The highest BCUT2D eigenvalue weighted by molar-refractivity contribution is 5.31. The molecule has 5 nitrogen and oxygen atoms in total. The van der Waals surface area contributed by atoms with Gasteiger partial charge in [0.15, 0.2) is 0 Å². The Labute approximate surface area is 126 Å². The number of rotatable bonds is 8. The molecule has 0 saturated carbocycles. The van der Waals surface area contributed by atoms with E-state index in [9.17, 15) is 5.11 Å². The standard InChI is InChI=1S/C16H25NO4/c1-13-5-3-4-6-15(13)21-10-14(18)9-17-11-16(19-2)7-8-20-12-16/h3-6,14,17-18H,7-12H2,1-2H3. The average molecular weight is 295 g/mol. The van der Waals surface area contributed by atoms with Crippen LogP contribution in [0.2, 0.25) is 0 Å². The van der Waals surface area contributed by atoms with Crippen LogP contribution < -0.4 is 10.1 Å². The molecule has 1 aliphatic rings. The van der Waals surface area contributed by atoms with Gasteiger partial charge in [-0.3, -0.25) is 0 Å². The molecule has 0 aromatic heterocycles. The number of nitrogens with one attached hydrogen (secondary N) is 1. The Morgan fingerprint density at radius 3 is 2.90 bits per heavy atom. The Bertz CT molecular complexity index is 432. The second-order valence-electron chi connectivity index (χ2n) is 5.55. The minimum Gasteiger partial charge on any atom is -0.491 e. The van der Waals surface area contributed by atoms with Crippen molar-refractivity contribution in [2.75, 3.05) is 40.0 Å². The highest BCUT2D eigenvalue weighted by atomic mass is 16.5. The summed E-state index contributed by atoms with van der Waals surface area (Å²) in [5.41, 5.74) is 0.815. The summed E-state index contributed by atoms with van der Waals surface area (Å²) in [6.07, 6.45) is 0.326. The normalized spacial score (nSPS) is 23.2. The Hall–Kier alpha value is -1.14. The number of aliphatic hydroxyl groups excluding tert-OH is 1. The quantitative estimate of drug-likeness (QED) is 0.753. The molecule has 0 spiro atoms. The van der Waals surface area contributed by atoms with Crippen LogP contribution in [0.25, 0.3) is 0 Å². The van der Waals surface area contributed by atoms with Crippen LogP contribution >= 0.6 is 0 Å². The van der Waals surface area contributed by atoms with Crippen LogP contribution in [0.3, 0.4) is 0 Å². The molecule has 0 bridgehead atoms. The van der Waals surface area contributed by atoms with Gasteiger partial charge in [0, 0.05) is 33.2 Å². The molecule has 1 aromatic rings. The van der Waals surface area contributed by atoms with Crippen LogP contribution in [0.1, 0.15) is 12.0 Å². The number of methoxy groups -OCH3 is 1. The van der Waals surface area contributed by atoms with E-state index in [1.165, 1.54) is 0 Å². The van der Waals surface area contributed by atoms with Gasteiger partial charge in [0.1, 0.15) is 24.1 Å². The minimum absolute atomic E-state index is 0.253. The van der Waals surface area contributed by atoms with Crippen LogP contribution in [-0.2, 0) is 9.47 Å². The van der Waals surface area contributed by atoms with Gasteiger partial charge in [0.2, 0.25) is 0 Å². The SMILES string of the molecule is COC1(CNCC(O)COc2ccccc2C)CCOC1. The summed E-state index contributed by atoms with van der Waals surface area (Å²) in [7, 11) is 1.70.